The lowest BCUT2D eigenvalue weighted by atomic mass is 10.0. The van der Waals surface area contributed by atoms with Crippen molar-refractivity contribution in [2.75, 3.05) is 6.61 Å². The first-order valence-electron chi connectivity index (χ1n) is 11.4. The van der Waals surface area contributed by atoms with Crippen LogP contribution in [0.25, 0.3) is 11.0 Å². The summed E-state index contributed by atoms with van der Waals surface area (Å²) in [5, 5.41) is 0.314. The van der Waals surface area contributed by atoms with Crippen LogP contribution in [0.3, 0.4) is 0 Å². The number of nitrogens with zero attached hydrogens (tertiary/aromatic N) is 1. The van der Waals surface area contributed by atoms with Crippen LogP contribution in [0.1, 0.15) is 49.3 Å². The molecule has 3 aromatic rings. The average molecular weight is 615 g/mol. The zero-order chi connectivity index (χ0) is 26.1. The molecule has 10 heteroatoms. The van der Waals surface area contributed by atoms with Crippen molar-refractivity contribution in [3.05, 3.63) is 67.1 Å². The number of hydrogen-bond donors (Lipinski definition) is 1. The van der Waals surface area contributed by atoms with Crippen LogP contribution in [0.5, 0.6) is 0 Å². The highest BCUT2D eigenvalue weighted by Gasteiger charge is 2.37. The molecule has 0 bridgehead atoms. The van der Waals surface area contributed by atoms with E-state index in [-0.39, 0.29) is 33.6 Å². The van der Waals surface area contributed by atoms with Gasteiger partial charge < -0.3 is 13.4 Å². The summed E-state index contributed by atoms with van der Waals surface area (Å²) in [6.07, 6.45) is 0.969. The lowest BCUT2D eigenvalue weighted by molar-refractivity contribution is -0.0281. The number of fused-ring (bicyclic) bond motifs is 1. The summed E-state index contributed by atoms with van der Waals surface area (Å²) in [5.41, 5.74) is 3.10. The van der Waals surface area contributed by atoms with Crippen LogP contribution in [-0.2, 0) is 22.7 Å². The minimum Gasteiger partial charge on any atom is -0.463 e. The molecule has 190 valence electrons. The van der Waals surface area contributed by atoms with E-state index in [9.17, 15) is 14.0 Å². The Morgan fingerprint density at radius 2 is 1.97 bits per heavy atom. The minimum absolute atomic E-state index is 0.0257. The average Bonchev–Trinajstić information content (AvgIpc) is 3.25. The summed E-state index contributed by atoms with van der Waals surface area (Å²) in [7, 11) is -0.415. The number of amides is 1. The molecule has 1 amide bonds. The second-order valence-corrected chi connectivity index (χ2v) is 16.2. The second-order valence-electron chi connectivity index (χ2n) is 10.2. The van der Waals surface area contributed by atoms with Gasteiger partial charge in [0.1, 0.15) is 17.5 Å². The molecule has 2 heterocycles. The van der Waals surface area contributed by atoms with Crippen molar-refractivity contribution >= 4 is 47.8 Å². The SMILES string of the molecule is C[C@@H](CO[Si](C)(C)C(C)(C)C)ONC(=O)c1c(Cc2ccc(I)cc2F)n(C)c(=O)c2ccoc12. The number of carbonyl (C=O) groups is 1. The zero-order valence-corrected chi connectivity index (χ0v) is 24.3. The highest BCUT2D eigenvalue weighted by atomic mass is 127. The molecule has 0 saturated heterocycles. The molecule has 3 rings (SSSR count). The molecule has 35 heavy (non-hydrogen) atoms. The molecule has 0 unspecified atom stereocenters. The van der Waals surface area contributed by atoms with E-state index < -0.39 is 26.1 Å². The first kappa shape index (κ1) is 27.6. The second kappa shape index (κ2) is 10.5. The molecule has 0 spiro atoms. The van der Waals surface area contributed by atoms with Gasteiger partial charge in [-0.25, -0.2) is 9.87 Å². The molecule has 0 aliphatic heterocycles. The fraction of sp³-hybridized carbons (Fsp3) is 0.440. The smallest absolute Gasteiger partial charge is 0.280 e. The maximum atomic E-state index is 14.6. The summed E-state index contributed by atoms with van der Waals surface area (Å²) in [5.74, 6) is -0.997. The number of hydroxylamine groups is 1. The van der Waals surface area contributed by atoms with Crippen molar-refractivity contribution in [1.82, 2.24) is 10.0 Å². The molecule has 1 atom stereocenters. The van der Waals surface area contributed by atoms with E-state index >= 15 is 0 Å². The summed E-state index contributed by atoms with van der Waals surface area (Å²) >= 11 is 2.03. The number of hydrogen-bond acceptors (Lipinski definition) is 5. The topological polar surface area (TPSA) is 82.7 Å². The number of benzene rings is 1. The van der Waals surface area contributed by atoms with Crippen molar-refractivity contribution in [3.63, 3.8) is 0 Å². The van der Waals surface area contributed by atoms with E-state index in [1.165, 1.54) is 23.0 Å². The van der Waals surface area contributed by atoms with Gasteiger partial charge in [-0.2, -0.15) is 0 Å². The lowest BCUT2D eigenvalue weighted by Crippen LogP contribution is -2.43. The van der Waals surface area contributed by atoms with Gasteiger partial charge >= 0.3 is 0 Å². The molecule has 0 aliphatic rings. The van der Waals surface area contributed by atoms with Gasteiger partial charge in [-0.15, -0.1) is 0 Å². The molecule has 0 aliphatic carbocycles. The maximum absolute atomic E-state index is 14.6. The quantitative estimate of drug-likeness (QED) is 0.205. The van der Waals surface area contributed by atoms with Gasteiger partial charge in [0.2, 0.25) is 0 Å². The Morgan fingerprint density at radius 3 is 2.60 bits per heavy atom. The fourth-order valence-corrected chi connectivity index (χ4v) is 4.88. The molecular weight excluding hydrogens is 582 g/mol. The van der Waals surface area contributed by atoms with E-state index in [2.05, 4.69) is 39.3 Å². The van der Waals surface area contributed by atoms with E-state index in [0.29, 0.717) is 17.9 Å². The Labute approximate surface area is 219 Å². The number of rotatable bonds is 8. The van der Waals surface area contributed by atoms with Crippen LogP contribution in [-0.4, -0.2) is 31.5 Å². The van der Waals surface area contributed by atoms with E-state index in [0.717, 1.165) is 3.57 Å². The van der Waals surface area contributed by atoms with Gasteiger partial charge in [-0.3, -0.25) is 14.4 Å². The molecule has 2 aromatic heterocycles. The lowest BCUT2D eigenvalue weighted by Gasteiger charge is -2.36. The Kier molecular flexibility index (Phi) is 8.29. The van der Waals surface area contributed by atoms with Crippen molar-refractivity contribution in [1.29, 1.82) is 0 Å². The van der Waals surface area contributed by atoms with Crippen molar-refractivity contribution in [3.8, 4) is 0 Å². The highest BCUT2D eigenvalue weighted by molar-refractivity contribution is 14.1. The van der Waals surface area contributed by atoms with Crippen LogP contribution in [0.2, 0.25) is 18.1 Å². The number of halogens is 2. The van der Waals surface area contributed by atoms with Gasteiger partial charge in [0.25, 0.3) is 11.5 Å². The number of pyridine rings is 1. The van der Waals surface area contributed by atoms with Crippen LogP contribution in [0.15, 0.2) is 39.7 Å². The fourth-order valence-electron chi connectivity index (χ4n) is 3.34. The molecule has 0 fully saturated rings. The van der Waals surface area contributed by atoms with Crippen molar-refractivity contribution in [2.24, 2.45) is 7.05 Å². The van der Waals surface area contributed by atoms with Crippen molar-refractivity contribution < 1.29 is 22.9 Å². The van der Waals surface area contributed by atoms with E-state index in [4.69, 9.17) is 13.7 Å². The minimum atomic E-state index is -1.97. The summed E-state index contributed by atoms with van der Waals surface area (Å²) in [4.78, 5) is 31.8. The molecule has 1 N–H and O–H groups in total. The summed E-state index contributed by atoms with van der Waals surface area (Å²) in [6, 6.07) is 6.34. The Hall–Kier alpha value is -2.02. The molecule has 7 nitrogen and oxygen atoms in total. The van der Waals surface area contributed by atoms with Crippen LogP contribution in [0.4, 0.5) is 4.39 Å². The summed E-state index contributed by atoms with van der Waals surface area (Å²) in [6.45, 7) is 12.9. The third-order valence-corrected chi connectivity index (χ3v) is 11.7. The Bertz CT molecular complexity index is 1300. The predicted molar refractivity (Wildman–Crippen MR) is 145 cm³/mol. The number of furan rings is 1. The standard InChI is InChI=1S/C25H32FIN2O5Si/c1-15(14-33-35(6,7)25(2,3)4)34-28-23(30)21-20(12-16-8-9-17(27)13-19(16)26)29(5)24(31)18-10-11-32-22(18)21/h8-11,13,15H,12,14H2,1-7H3,(H,28,30)/t15-/m0/s1. The van der Waals surface area contributed by atoms with Crippen LogP contribution in [0, 0.1) is 9.39 Å². The zero-order valence-electron chi connectivity index (χ0n) is 21.1. The Morgan fingerprint density at radius 1 is 1.29 bits per heavy atom. The van der Waals surface area contributed by atoms with Gasteiger partial charge in [-0.1, -0.05) is 26.8 Å². The predicted octanol–water partition coefficient (Wildman–Crippen LogP) is 5.54. The summed E-state index contributed by atoms with van der Waals surface area (Å²) < 4.78 is 28.4. The maximum Gasteiger partial charge on any atom is 0.280 e. The molecule has 1 aromatic carbocycles. The third-order valence-electron chi connectivity index (χ3n) is 6.56. The first-order chi connectivity index (χ1) is 16.2. The van der Waals surface area contributed by atoms with E-state index in [1.807, 2.05) is 22.6 Å². The normalized spacial score (nSPS) is 13.3. The highest BCUT2D eigenvalue weighted by Crippen LogP contribution is 2.36. The number of nitrogens with one attached hydrogen (secondary N) is 1. The first-order valence-corrected chi connectivity index (χ1v) is 15.3. The van der Waals surface area contributed by atoms with Crippen LogP contribution >= 0.6 is 22.6 Å². The van der Waals surface area contributed by atoms with Gasteiger partial charge in [0.15, 0.2) is 13.9 Å². The van der Waals surface area contributed by atoms with Crippen molar-refractivity contribution in [2.45, 2.75) is 58.4 Å². The third kappa shape index (κ3) is 6.04. The molecular formula is C25H32FIN2O5Si. The Balaban J connectivity index is 1.87. The van der Waals surface area contributed by atoms with Gasteiger partial charge in [0.05, 0.1) is 18.3 Å². The monoisotopic (exact) mass is 614 g/mol. The number of carbonyl (C=O) groups excluding carboxylic acids is 1. The van der Waals surface area contributed by atoms with E-state index in [1.54, 1.807) is 26.1 Å². The molecule has 0 radical (unpaired) electrons. The largest absolute Gasteiger partial charge is 0.463 e. The van der Waals surface area contributed by atoms with Crippen LogP contribution < -0.4 is 11.0 Å². The van der Waals surface area contributed by atoms with Gasteiger partial charge in [-0.05, 0) is 71.4 Å². The number of aromatic nitrogens is 1. The molecule has 0 saturated carbocycles. The van der Waals surface area contributed by atoms with Gasteiger partial charge in [0, 0.05) is 22.7 Å².